The number of carbonyl (C=O) groups is 2. The molecule has 0 spiro atoms. The van der Waals surface area contributed by atoms with Gasteiger partial charge in [0.05, 0.1) is 7.11 Å². The highest BCUT2D eigenvalue weighted by molar-refractivity contribution is 6.07. The second-order valence-corrected chi connectivity index (χ2v) is 7.27. The standard InChI is InChI=1S/C25H31NO3/c1-6-11-19-17-20(15-16-22(27)18-13-9-8-10-14-18)24(29-5)21(12-7-2)23(19)25(28)26(3)4/h8-10,13-17H,6-7,11-12H2,1-5H3. The molecule has 0 saturated heterocycles. The van der Waals surface area contributed by atoms with Crippen LogP contribution in [-0.4, -0.2) is 37.8 Å². The van der Waals surface area contributed by atoms with E-state index in [-0.39, 0.29) is 11.7 Å². The molecule has 0 fully saturated rings. The molecule has 0 aromatic heterocycles. The first-order valence-corrected chi connectivity index (χ1v) is 10.2. The van der Waals surface area contributed by atoms with Gasteiger partial charge < -0.3 is 9.64 Å². The van der Waals surface area contributed by atoms with Crippen LogP contribution >= 0.6 is 0 Å². The molecule has 0 bridgehead atoms. The van der Waals surface area contributed by atoms with E-state index in [9.17, 15) is 9.59 Å². The molecule has 2 rings (SSSR count). The van der Waals surface area contributed by atoms with Crippen LogP contribution in [0.1, 0.15) is 64.1 Å². The predicted octanol–water partition coefficient (Wildman–Crippen LogP) is 5.20. The first-order chi connectivity index (χ1) is 13.9. The van der Waals surface area contributed by atoms with Crippen LogP contribution in [0, 0.1) is 0 Å². The Hall–Kier alpha value is -2.88. The summed E-state index contributed by atoms with van der Waals surface area (Å²) < 4.78 is 5.74. The molecule has 0 N–H and O–H groups in total. The van der Waals surface area contributed by atoms with Crippen molar-refractivity contribution in [3.63, 3.8) is 0 Å². The molecule has 0 heterocycles. The Morgan fingerprint density at radius 3 is 2.24 bits per heavy atom. The average molecular weight is 394 g/mol. The Balaban J connectivity index is 2.61. The molecule has 4 heteroatoms. The number of benzene rings is 2. The molecule has 0 atom stereocenters. The molecule has 0 radical (unpaired) electrons. The fourth-order valence-electron chi connectivity index (χ4n) is 3.48. The van der Waals surface area contributed by atoms with Crippen molar-refractivity contribution in [2.24, 2.45) is 0 Å². The summed E-state index contributed by atoms with van der Waals surface area (Å²) in [5.74, 6) is 0.607. The summed E-state index contributed by atoms with van der Waals surface area (Å²) in [7, 11) is 5.16. The van der Waals surface area contributed by atoms with Gasteiger partial charge in [-0.15, -0.1) is 0 Å². The predicted molar refractivity (Wildman–Crippen MR) is 119 cm³/mol. The number of allylic oxidation sites excluding steroid dienone is 1. The summed E-state index contributed by atoms with van der Waals surface area (Å²) in [5, 5.41) is 0. The number of hydrogen-bond donors (Lipinski definition) is 0. The molecule has 2 aromatic rings. The highest BCUT2D eigenvalue weighted by Gasteiger charge is 2.23. The van der Waals surface area contributed by atoms with E-state index in [1.54, 1.807) is 50.4 Å². The molecule has 2 aromatic carbocycles. The minimum absolute atomic E-state index is 0.00825. The normalized spacial score (nSPS) is 10.9. The Labute approximate surface area is 174 Å². The van der Waals surface area contributed by atoms with Gasteiger partial charge in [-0.2, -0.15) is 0 Å². The first-order valence-electron chi connectivity index (χ1n) is 10.2. The zero-order chi connectivity index (χ0) is 21.4. The number of rotatable bonds is 9. The Morgan fingerprint density at radius 2 is 1.69 bits per heavy atom. The van der Waals surface area contributed by atoms with Crippen molar-refractivity contribution in [2.45, 2.75) is 39.5 Å². The van der Waals surface area contributed by atoms with E-state index < -0.39 is 0 Å². The molecular formula is C25H31NO3. The molecule has 0 aliphatic rings. The third-order valence-corrected chi connectivity index (χ3v) is 4.80. The maximum absolute atomic E-state index is 13.0. The van der Waals surface area contributed by atoms with E-state index in [0.717, 1.165) is 47.9 Å². The molecule has 0 aliphatic carbocycles. The van der Waals surface area contributed by atoms with Gasteiger partial charge in [0.2, 0.25) is 0 Å². The van der Waals surface area contributed by atoms with Gasteiger partial charge in [-0.05, 0) is 36.6 Å². The van der Waals surface area contributed by atoms with E-state index in [4.69, 9.17) is 4.74 Å². The monoisotopic (exact) mass is 393 g/mol. The zero-order valence-corrected chi connectivity index (χ0v) is 18.1. The van der Waals surface area contributed by atoms with E-state index in [1.165, 1.54) is 0 Å². The van der Waals surface area contributed by atoms with Crippen molar-refractivity contribution in [3.8, 4) is 5.75 Å². The third-order valence-electron chi connectivity index (χ3n) is 4.80. The van der Waals surface area contributed by atoms with Crippen molar-refractivity contribution in [1.29, 1.82) is 0 Å². The lowest BCUT2D eigenvalue weighted by Gasteiger charge is -2.22. The average Bonchev–Trinajstić information content (AvgIpc) is 2.72. The van der Waals surface area contributed by atoms with Crippen molar-refractivity contribution < 1.29 is 14.3 Å². The van der Waals surface area contributed by atoms with Crippen molar-refractivity contribution in [2.75, 3.05) is 21.2 Å². The summed E-state index contributed by atoms with van der Waals surface area (Å²) in [4.78, 5) is 27.1. The number of ether oxygens (including phenoxy) is 1. The minimum atomic E-state index is -0.0600. The number of hydrogen-bond acceptors (Lipinski definition) is 3. The van der Waals surface area contributed by atoms with Crippen LogP contribution in [0.25, 0.3) is 6.08 Å². The third kappa shape index (κ3) is 5.35. The van der Waals surface area contributed by atoms with Crippen LogP contribution < -0.4 is 4.74 Å². The van der Waals surface area contributed by atoms with E-state index in [2.05, 4.69) is 13.8 Å². The quantitative estimate of drug-likeness (QED) is 0.435. The lowest BCUT2D eigenvalue weighted by atomic mass is 9.90. The minimum Gasteiger partial charge on any atom is -0.496 e. The highest BCUT2D eigenvalue weighted by Crippen LogP contribution is 2.34. The van der Waals surface area contributed by atoms with Crippen LogP contribution in [0.2, 0.25) is 0 Å². The number of aryl methyl sites for hydroxylation is 1. The molecular weight excluding hydrogens is 362 g/mol. The number of ketones is 1. The molecule has 1 amide bonds. The summed E-state index contributed by atoms with van der Waals surface area (Å²) >= 11 is 0. The van der Waals surface area contributed by atoms with Gasteiger partial charge in [-0.3, -0.25) is 9.59 Å². The van der Waals surface area contributed by atoms with Gasteiger partial charge in [0.15, 0.2) is 5.78 Å². The number of methoxy groups -OCH3 is 1. The maximum atomic E-state index is 13.0. The summed E-state index contributed by atoms with van der Waals surface area (Å²) in [6.45, 7) is 4.19. The Kier molecular flexibility index (Phi) is 8.20. The van der Waals surface area contributed by atoms with E-state index >= 15 is 0 Å². The lowest BCUT2D eigenvalue weighted by Crippen LogP contribution is -2.25. The highest BCUT2D eigenvalue weighted by atomic mass is 16.5. The van der Waals surface area contributed by atoms with Crippen molar-refractivity contribution >= 4 is 17.8 Å². The second-order valence-electron chi connectivity index (χ2n) is 7.27. The molecule has 0 unspecified atom stereocenters. The van der Waals surface area contributed by atoms with Gasteiger partial charge in [0.25, 0.3) is 5.91 Å². The molecule has 29 heavy (non-hydrogen) atoms. The lowest BCUT2D eigenvalue weighted by molar-refractivity contribution is 0.0824. The Morgan fingerprint density at radius 1 is 1.03 bits per heavy atom. The van der Waals surface area contributed by atoms with Crippen LogP contribution in [0.15, 0.2) is 42.5 Å². The van der Waals surface area contributed by atoms with Crippen LogP contribution in [0.4, 0.5) is 0 Å². The van der Waals surface area contributed by atoms with Gasteiger partial charge in [-0.25, -0.2) is 0 Å². The zero-order valence-electron chi connectivity index (χ0n) is 18.1. The summed E-state index contributed by atoms with van der Waals surface area (Å²) in [6, 6.07) is 11.2. The fraction of sp³-hybridized carbons (Fsp3) is 0.360. The van der Waals surface area contributed by atoms with Crippen LogP contribution in [0.3, 0.4) is 0 Å². The van der Waals surface area contributed by atoms with Crippen LogP contribution in [-0.2, 0) is 12.8 Å². The van der Waals surface area contributed by atoms with Crippen molar-refractivity contribution in [3.05, 3.63) is 70.3 Å². The Bertz CT molecular complexity index is 883. The maximum Gasteiger partial charge on any atom is 0.254 e. The largest absolute Gasteiger partial charge is 0.496 e. The molecule has 0 aliphatic heterocycles. The summed E-state index contributed by atoms with van der Waals surface area (Å²) in [6.07, 6.45) is 6.73. The van der Waals surface area contributed by atoms with Crippen molar-refractivity contribution in [1.82, 2.24) is 4.90 Å². The first kappa shape index (κ1) is 22.4. The topological polar surface area (TPSA) is 46.6 Å². The SMILES string of the molecule is CCCc1cc(C=CC(=O)c2ccccc2)c(OC)c(CCC)c1C(=O)N(C)C. The van der Waals surface area contributed by atoms with Gasteiger partial charge in [-0.1, -0.05) is 57.0 Å². The van der Waals surface area contributed by atoms with Gasteiger partial charge in [0, 0.05) is 36.3 Å². The fourth-order valence-corrected chi connectivity index (χ4v) is 3.48. The van der Waals surface area contributed by atoms with E-state index in [0.29, 0.717) is 11.3 Å². The number of carbonyl (C=O) groups excluding carboxylic acids is 2. The van der Waals surface area contributed by atoms with E-state index in [1.807, 2.05) is 24.3 Å². The van der Waals surface area contributed by atoms with Crippen LogP contribution in [0.5, 0.6) is 5.75 Å². The number of nitrogens with zero attached hydrogens (tertiary/aromatic N) is 1. The summed E-state index contributed by atoms with van der Waals surface area (Å²) in [5.41, 5.74) is 4.14. The smallest absolute Gasteiger partial charge is 0.254 e. The number of amides is 1. The van der Waals surface area contributed by atoms with Gasteiger partial charge >= 0.3 is 0 Å². The second kappa shape index (κ2) is 10.6. The molecule has 0 saturated carbocycles. The molecule has 4 nitrogen and oxygen atoms in total. The molecule has 154 valence electrons. The van der Waals surface area contributed by atoms with Gasteiger partial charge in [0.1, 0.15) is 5.75 Å².